The Balaban J connectivity index is 1.30. The zero-order valence-corrected chi connectivity index (χ0v) is 22.7. The smallest absolute Gasteiger partial charge is 0.271 e. The zero-order valence-electron chi connectivity index (χ0n) is 21.9. The van der Waals surface area contributed by atoms with Crippen molar-refractivity contribution in [3.05, 3.63) is 131 Å². The molecule has 204 valence electrons. The van der Waals surface area contributed by atoms with Crippen LogP contribution in [0.25, 0.3) is 16.5 Å². The standard InChI is InChI=1S/C31H26N6O3S/c38-28(33-25-14-5-9-21-8-1-2-12-24(21)25)16-19-36-30(29(34-31(36)41)26-13-3-4-17-32-26)27-15-7-18-35(27)22-10-6-11-23(20-22)37(39)40/h1-15,17-18,20,29-30H,16,19H2,(H,33,38)(H,34,41)/t29-,30+/m1/s1. The van der Waals surface area contributed by atoms with E-state index in [0.29, 0.717) is 17.3 Å². The Morgan fingerprint density at radius 1 is 1.00 bits per heavy atom. The van der Waals surface area contributed by atoms with E-state index in [2.05, 4.69) is 15.6 Å². The van der Waals surface area contributed by atoms with Crippen LogP contribution in [0.2, 0.25) is 0 Å². The Kier molecular flexibility index (Phi) is 7.13. The van der Waals surface area contributed by atoms with E-state index in [1.54, 1.807) is 18.3 Å². The summed E-state index contributed by atoms with van der Waals surface area (Å²) >= 11 is 5.79. The normalized spacial score (nSPS) is 16.5. The number of pyridine rings is 1. The average Bonchev–Trinajstić information content (AvgIpc) is 3.61. The number of hydrogen-bond donors (Lipinski definition) is 2. The molecule has 0 unspecified atom stereocenters. The molecule has 1 aliphatic heterocycles. The van der Waals surface area contributed by atoms with Gasteiger partial charge in [0.05, 0.1) is 28.4 Å². The molecule has 2 N–H and O–H groups in total. The number of non-ortho nitro benzene ring substituents is 1. The third-order valence-electron chi connectivity index (χ3n) is 7.24. The summed E-state index contributed by atoms with van der Waals surface area (Å²) < 4.78 is 1.92. The number of nitrogens with zero attached hydrogens (tertiary/aromatic N) is 4. The molecule has 0 radical (unpaired) electrons. The van der Waals surface area contributed by atoms with Crippen molar-refractivity contribution in [2.45, 2.75) is 18.5 Å². The number of nitrogens with one attached hydrogen (secondary N) is 2. The number of thiocarbonyl (C=S) groups is 1. The lowest BCUT2D eigenvalue weighted by Gasteiger charge is -2.28. The van der Waals surface area contributed by atoms with Crippen LogP contribution in [0.15, 0.2) is 109 Å². The van der Waals surface area contributed by atoms with E-state index in [-0.39, 0.29) is 30.1 Å². The second-order valence-corrected chi connectivity index (χ2v) is 10.1. The topological polar surface area (TPSA) is 105 Å². The Morgan fingerprint density at radius 3 is 2.63 bits per heavy atom. The van der Waals surface area contributed by atoms with E-state index in [4.69, 9.17) is 12.2 Å². The molecular formula is C31H26N6O3S. The van der Waals surface area contributed by atoms with Gasteiger partial charge in [0.25, 0.3) is 5.69 Å². The highest BCUT2D eigenvalue weighted by Crippen LogP contribution is 2.40. The summed E-state index contributed by atoms with van der Waals surface area (Å²) in [6, 6.07) is 29.2. The van der Waals surface area contributed by atoms with Gasteiger partial charge in [-0.2, -0.15) is 0 Å². The summed E-state index contributed by atoms with van der Waals surface area (Å²) in [6.45, 7) is 0.358. The zero-order chi connectivity index (χ0) is 28.3. The lowest BCUT2D eigenvalue weighted by atomic mass is 10.0. The molecule has 6 rings (SSSR count). The van der Waals surface area contributed by atoms with Crippen molar-refractivity contribution in [1.29, 1.82) is 0 Å². The number of amides is 1. The lowest BCUT2D eigenvalue weighted by molar-refractivity contribution is -0.384. The first-order valence-corrected chi connectivity index (χ1v) is 13.6. The van der Waals surface area contributed by atoms with Crippen molar-refractivity contribution >= 4 is 45.4 Å². The molecule has 3 heterocycles. The maximum Gasteiger partial charge on any atom is 0.271 e. The number of fused-ring (bicyclic) bond motifs is 1. The molecule has 41 heavy (non-hydrogen) atoms. The second kappa shape index (κ2) is 11.2. The van der Waals surface area contributed by atoms with Gasteiger partial charge >= 0.3 is 0 Å². The van der Waals surface area contributed by atoms with E-state index < -0.39 is 4.92 Å². The minimum absolute atomic E-state index is 0.00505. The monoisotopic (exact) mass is 562 g/mol. The minimum Gasteiger partial charge on any atom is -0.352 e. The molecule has 1 saturated heterocycles. The van der Waals surface area contributed by atoms with Gasteiger partial charge < -0.3 is 20.1 Å². The summed E-state index contributed by atoms with van der Waals surface area (Å²) in [5.41, 5.74) is 3.09. The Labute approximate surface area is 241 Å². The lowest BCUT2D eigenvalue weighted by Crippen LogP contribution is -2.33. The van der Waals surface area contributed by atoms with Crippen LogP contribution in [0, 0.1) is 10.1 Å². The van der Waals surface area contributed by atoms with Crippen molar-refractivity contribution in [2.75, 3.05) is 11.9 Å². The van der Waals surface area contributed by atoms with Crippen LogP contribution in [0.3, 0.4) is 0 Å². The SMILES string of the molecule is O=C(CCN1C(=S)N[C@H](c2ccccn2)[C@@H]1c1cccn1-c1cccc([N+](=O)[O-])c1)Nc1cccc2ccccc12. The summed E-state index contributed by atoms with van der Waals surface area (Å²) in [6.07, 6.45) is 3.81. The van der Waals surface area contributed by atoms with E-state index in [1.807, 2.05) is 94.5 Å². The Bertz CT molecular complexity index is 1750. The maximum atomic E-state index is 13.2. The second-order valence-electron chi connectivity index (χ2n) is 9.72. The van der Waals surface area contributed by atoms with Gasteiger partial charge in [-0.15, -0.1) is 0 Å². The van der Waals surface area contributed by atoms with Crippen LogP contribution >= 0.6 is 12.2 Å². The summed E-state index contributed by atoms with van der Waals surface area (Å²) in [5, 5.41) is 20.5. The molecule has 1 amide bonds. The number of carbonyl (C=O) groups excluding carboxylic acids is 1. The van der Waals surface area contributed by atoms with E-state index in [1.165, 1.54) is 6.07 Å². The van der Waals surface area contributed by atoms with Gasteiger partial charge in [0.1, 0.15) is 0 Å². The Morgan fingerprint density at radius 2 is 1.80 bits per heavy atom. The third-order valence-corrected chi connectivity index (χ3v) is 7.60. The first kappa shape index (κ1) is 26.1. The van der Waals surface area contributed by atoms with Crippen molar-refractivity contribution < 1.29 is 9.72 Å². The number of aromatic nitrogens is 2. The summed E-state index contributed by atoms with van der Waals surface area (Å²) in [4.78, 5) is 30.8. The van der Waals surface area contributed by atoms with Crippen LogP contribution in [0.5, 0.6) is 0 Å². The van der Waals surface area contributed by atoms with Gasteiger partial charge in [-0.1, -0.05) is 48.5 Å². The fourth-order valence-electron chi connectivity index (χ4n) is 5.36. The van der Waals surface area contributed by atoms with Crippen molar-refractivity contribution in [1.82, 2.24) is 19.8 Å². The van der Waals surface area contributed by atoms with E-state index >= 15 is 0 Å². The van der Waals surface area contributed by atoms with Gasteiger partial charge in [0.15, 0.2) is 5.11 Å². The van der Waals surface area contributed by atoms with Crippen molar-refractivity contribution in [3.63, 3.8) is 0 Å². The molecule has 0 spiro atoms. The minimum atomic E-state index is -0.406. The van der Waals surface area contributed by atoms with E-state index in [0.717, 1.165) is 27.8 Å². The maximum absolute atomic E-state index is 13.2. The highest BCUT2D eigenvalue weighted by Gasteiger charge is 2.41. The molecule has 2 aromatic heterocycles. The first-order valence-electron chi connectivity index (χ1n) is 13.2. The number of nitro groups is 1. The van der Waals surface area contributed by atoms with Gasteiger partial charge in [0.2, 0.25) is 5.91 Å². The van der Waals surface area contributed by atoms with Gasteiger partial charge in [-0.25, -0.2) is 0 Å². The highest BCUT2D eigenvalue weighted by atomic mass is 32.1. The van der Waals surface area contributed by atoms with Crippen LogP contribution < -0.4 is 10.6 Å². The molecule has 5 aromatic rings. The molecule has 0 bridgehead atoms. The molecule has 3 aromatic carbocycles. The summed E-state index contributed by atoms with van der Waals surface area (Å²) in [7, 11) is 0. The van der Waals surface area contributed by atoms with E-state index in [9.17, 15) is 14.9 Å². The quantitative estimate of drug-likeness (QED) is 0.137. The predicted octanol–water partition coefficient (Wildman–Crippen LogP) is 5.94. The fraction of sp³-hybridized carbons (Fsp3) is 0.129. The number of benzene rings is 3. The third kappa shape index (κ3) is 5.24. The molecule has 1 aliphatic rings. The van der Waals surface area contributed by atoms with Crippen LogP contribution in [0.4, 0.5) is 11.4 Å². The molecular weight excluding hydrogens is 536 g/mol. The van der Waals surface area contributed by atoms with Crippen LogP contribution in [-0.2, 0) is 4.79 Å². The number of carbonyl (C=O) groups is 1. The largest absolute Gasteiger partial charge is 0.352 e. The van der Waals surface area contributed by atoms with Crippen LogP contribution in [0.1, 0.15) is 29.9 Å². The van der Waals surface area contributed by atoms with Crippen molar-refractivity contribution in [3.8, 4) is 5.69 Å². The molecule has 10 heteroatoms. The number of anilines is 1. The fourth-order valence-corrected chi connectivity index (χ4v) is 5.70. The number of nitro benzene ring substituents is 1. The summed E-state index contributed by atoms with van der Waals surface area (Å²) in [5.74, 6) is -0.127. The molecule has 1 fully saturated rings. The first-order chi connectivity index (χ1) is 20.0. The van der Waals surface area contributed by atoms with Gasteiger partial charge in [-0.3, -0.25) is 19.9 Å². The highest BCUT2D eigenvalue weighted by molar-refractivity contribution is 7.80. The van der Waals surface area contributed by atoms with Gasteiger partial charge in [0, 0.05) is 54.3 Å². The molecule has 2 atom stereocenters. The van der Waals surface area contributed by atoms with Crippen molar-refractivity contribution in [2.24, 2.45) is 0 Å². The average molecular weight is 563 g/mol. The molecule has 9 nitrogen and oxygen atoms in total. The molecule has 0 aliphatic carbocycles. The Hall–Kier alpha value is -5.09. The van der Waals surface area contributed by atoms with Gasteiger partial charge in [-0.05, 0) is 54.0 Å². The number of hydrogen-bond acceptors (Lipinski definition) is 5. The number of rotatable bonds is 8. The molecule has 0 saturated carbocycles. The predicted molar refractivity (Wildman–Crippen MR) is 162 cm³/mol. The van der Waals surface area contributed by atoms with Crippen LogP contribution in [-0.4, -0.2) is 36.9 Å².